The highest BCUT2D eigenvalue weighted by Gasteiger charge is 2.04. The van der Waals surface area contributed by atoms with Crippen LogP contribution in [0.4, 0.5) is 0 Å². The summed E-state index contributed by atoms with van der Waals surface area (Å²) in [5, 5.41) is 3.87. The van der Waals surface area contributed by atoms with E-state index in [0.29, 0.717) is 11.0 Å². The first kappa shape index (κ1) is 16.8. The van der Waals surface area contributed by atoms with Gasteiger partial charge >= 0.3 is 0 Å². The Morgan fingerprint density at radius 2 is 2.21 bits per heavy atom. The molecule has 1 aromatic rings. The van der Waals surface area contributed by atoms with E-state index in [9.17, 15) is 0 Å². The Balaban J connectivity index is 2.54. The van der Waals surface area contributed by atoms with Crippen LogP contribution in [-0.4, -0.2) is 13.2 Å². The van der Waals surface area contributed by atoms with E-state index in [4.69, 9.17) is 27.9 Å². The lowest BCUT2D eigenvalue weighted by Gasteiger charge is -2.11. The molecule has 1 rings (SSSR count). The Labute approximate surface area is 133 Å². The fourth-order valence-corrected chi connectivity index (χ4v) is 2.11. The van der Waals surface area contributed by atoms with Gasteiger partial charge in [-0.05, 0) is 46.1 Å². The maximum absolute atomic E-state index is 5.78. The van der Waals surface area contributed by atoms with Crippen molar-refractivity contribution >= 4 is 39.1 Å². The smallest absolute Gasteiger partial charge is 0.134 e. The highest BCUT2D eigenvalue weighted by Crippen LogP contribution is 2.26. The molecule has 5 heteroatoms. The summed E-state index contributed by atoms with van der Waals surface area (Å²) in [6.07, 6.45) is 0. The van der Waals surface area contributed by atoms with Crippen molar-refractivity contribution in [2.75, 3.05) is 13.2 Å². The van der Waals surface area contributed by atoms with E-state index < -0.39 is 0 Å². The summed E-state index contributed by atoms with van der Waals surface area (Å²) in [6, 6.07) is 6.00. The van der Waals surface area contributed by atoms with Crippen molar-refractivity contribution in [1.82, 2.24) is 5.32 Å². The number of hydrogen-bond acceptors (Lipinski definition) is 2. The number of nitrogens with one attached hydrogen (secondary N) is 1. The molecule has 0 aromatic heterocycles. The van der Waals surface area contributed by atoms with Gasteiger partial charge in [0.15, 0.2) is 0 Å². The van der Waals surface area contributed by atoms with Crippen molar-refractivity contribution in [3.05, 3.63) is 38.8 Å². The molecular weight excluding hydrogens is 349 g/mol. The quantitative estimate of drug-likeness (QED) is 0.741. The van der Waals surface area contributed by atoms with Crippen LogP contribution in [-0.2, 0) is 6.54 Å². The van der Waals surface area contributed by atoms with E-state index in [2.05, 4.69) is 35.1 Å². The molecule has 0 aliphatic rings. The zero-order valence-corrected chi connectivity index (χ0v) is 14.1. The third kappa shape index (κ3) is 6.66. The van der Waals surface area contributed by atoms with Gasteiger partial charge in [0, 0.05) is 12.1 Å². The van der Waals surface area contributed by atoms with Crippen molar-refractivity contribution in [2.24, 2.45) is 5.92 Å². The Kier molecular flexibility index (Phi) is 7.84. The number of halogens is 3. The largest absolute Gasteiger partial charge is 0.487 e. The third-order valence-corrected chi connectivity index (χ3v) is 3.57. The molecule has 0 saturated heterocycles. The highest BCUT2D eigenvalue weighted by atomic mass is 79.9. The van der Waals surface area contributed by atoms with Gasteiger partial charge in [0.05, 0.1) is 9.51 Å². The molecule has 0 atom stereocenters. The van der Waals surface area contributed by atoms with Crippen molar-refractivity contribution in [2.45, 2.75) is 20.4 Å². The number of ether oxygens (including phenoxy) is 1. The topological polar surface area (TPSA) is 21.3 Å². The van der Waals surface area contributed by atoms with Gasteiger partial charge in [-0.25, -0.2) is 0 Å². The van der Waals surface area contributed by atoms with Crippen molar-refractivity contribution in [1.29, 1.82) is 0 Å². The lowest BCUT2D eigenvalue weighted by molar-refractivity contribution is 0.357. The van der Waals surface area contributed by atoms with E-state index in [1.165, 1.54) is 11.1 Å². The van der Waals surface area contributed by atoms with E-state index in [1.54, 1.807) is 0 Å². The van der Waals surface area contributed by atoms with Gasteiger partial charge in [-0.15, -0.1) is 0 Å². The zero-order valence-electron chi connectivity index (χ0n) is 11.1. The van der Waals surface area contributed by atoms with E-state index >= 15 is 0 Å². The molecule has 0 unspecified atom stereocenters. The van der Waals surface area contributed by atoms with Crippen LogP contribution in [0.1, 0.15) is 19.4 Å². The van der Waals surface area contributed by atoms with Gasteiger partial charge in [0.1, 0.15) is 12.4 Å². The van der Waals surface area contributed by atoms with Crippen LogP contribution in [0.15, 0.2) is 33.2 Å². The lowest BCUT2D eigenvalue weighted by Crippen LogP contribution is -2.18. The summed E-state index contributed by atoms with van der Waals surface area (Å²) >= 11 is 14.7. The van der Waals surface area contributed by atoms with Crippen molar-refractivity contribution in [3.63, 3.8) is 0 Å². The first-order valence-corrected chi connectivity index (χ1v) is 7.70. The standard InChI is InChI=1S/C14H18BrCl2NO/c1-10(2)7-18-8-11-3-4-14(13(15)5-11)19-9-12(17)6-16/h3-6,10,18H,7-9H2,1-2H3. The van der Waals surface area contributed by atoms with E-state index in [-0.39, 0.29) is 6.61 Å². The Morgan fingerprint density at radius 3 is 2.79 bits per heavy atom. The SMILES string of the molecule is CC(C)CNCc1ccc(OCC(Cl)=CCl)c(Br)c1. The molecule has 1 N–H and O–H groups in total. The molecule has 0 fully saturated rings. The van der Waals surface area contributed by atoms with Gasteiger partial charge in [0.2, 0.25) is 0 Å². The van der Waals surface area contributed by atoms with E-state index in [0.717, 1.165) is 23.3 Å². The lowest BCUT2D eigenvalue weighted by atomic mass is 10.2. The molecule has 2 nitrogen and oxygen atoms in total. The summed E-state index contributed by atoms with van der Waals surface area (Å²) < 4.78 is 6.45. The highest BCUT2D eigenvalue weighted by molar-refractivity contribution is 9.10. The molecule has 106 valence electrons. The molecule has 0 heterocycles. The van der Waals surface area contributed by atoms with Crippen LogP contribution in [0.25, 0.3) is 0 Å². The predicted octanol–water partition coefficient (Wildman–Crippen LogP) is 4.89. The molecular formula is C14H18BrCl2NO. The Morgan fingerprint density at radius 1 is 1.47 bits per heavy atom. The molecule has 0 radical (unpaired) electrons. The minimum atomic E-state index is 0.272. The molecule has 0 aliphatic heterocycles. The normalized spacial score (nSPS) is 12.0. The third-order valence-electron chi connectivity index (χ3n) is 2.36. The van der Waals surface area contributed by atoms with Gasteiger partial charge in [0.25, 0.3) is 0 Å². The van der Waals surface area contributed by atoms with Crippen LogP contribution in [0.3, 0.4) is 0 Å². The molecule has 0 saturated carbocycles. The Hall–Kier alpha value is -0.220. The predicted molar refractivity (Wildman–Crippen MR) is 86.0 cm³/mol. The number of benzene rings is 1. The van der Waals surface area contributed by atoms with Crippen LogP contribution >= 0.6 is 39.1 Å². The summed E-state index contributed by atoms with van der Waals surface area (Å²) in [7, 11) is 0. The zero-order chi connectivity index (χ0) is 14.3. The van der Waals surface area contributed by atoms with Crippen LogP contribution in [0.2, 0.25) is 0 Å². The first-order valence-electron chi connectivity index (χ1n) is 6.09. The fourth-order valence-electron chi connectivity index (χ4n) is 1.45. The summed E-state index contributed by atoms with van der Waals surface area (Å²) in [6.45, 7) is 6.50. The molecule has 0 bridgehead atoms. The molecule has 19 heavy (non-hydrogen) atoms. The average molecular weight is 367 g/mol. The minimum absolute atomic E-state index is 0.272. The van der Waals surface area contributed by atoms with E-state index in [1.807, 2.05) is 18.2 Å². The average Bonchev–Trinajstić information content (AvgIpc) is 2.37. The van der Waals surface area contributed by atoms with Crippen molar-refractivity contribution in [3.8, 4) is 5.75 Å². The second-order valence-electron chi connectivity index (χ2n) is 4.63. The second-order valence-corrected chi connectivity index (χ2v) is 6.19. The monoisotopic (exact) mass is 365 g/mol. The molecule has 0 spiro atoms. The maximum Gasteiger partial charge on any atom is 0.134 e. The minimum Gasteiger partial charge on any atom is -0.487 e. The van der Waals surface area contributed by atoms with Gasteiger partial charge in [-0.2, -0.15) is 0 Å². The van der Waals surface area contributed by atoms with Gasteiger partial charge in [-0.1, -0.05) is 43.1 Å². The van der Waals surface area contributed by atoms with Crippen LogP contribution < -0.4 is 10.1 Å². The number of rotatable bonds is 7. The van der Waals surface area contributed by atoms with Gasteiger partial charge in [-0.3, -0.25) is 0 Å². The first-order chi connectivity index (χ1) is 9.02. The molecule has 0 amide bonds. The maximum atomic E-state index is 5.78. The summed E-state index contributed by atoms with van der Waals surface area (Å²) in [5.74, 6) is 1.40. The second kappa shape index (κ2) is 8.85. The Bertz CT molecular complexity index is 435. The van der Waals surface area contributed by atoms with Gasteiger partial charge < -0.3 is 10.1 Å². The molecule has 0 aliphatic carbocycles. The fraction of sp³-hybridized carbons (Fsp3) is 0.429. The van der Waals surface area contributed by atoms with Crippen molar-refractivity contribution < 1.29 is 4.74 Å². The van der Waals surface area contributed by atoms with Crippen LogP contribution in [0.5, 0.6) is 5.75 Å². The number of hydrogen-bond donors (Lipinski definition) is 1. The summed E-state index contributed by atoms with van der Waals surface area (Å²) in [4.78, 5) is 0. The summed E-state index contributed by atoms with van der Waals surface area (Å²) in [5.41, 5.74) is 2.51. The molecule has 1 aromatic carbocycles. The van der Waals surface area contributed by atoms with Crippen LogP contribution in [0, 0.1) is 5.92 Å².